The Morgan fingerprint density at radius 3 is 2.68 bits per heavy atom. The van der Waals surface area contributed by atoms with Crippen molar-refractivity contribution >= 4 is 17.7 Å². The summed E-state index contributed by atoms with van der Waals surface area (Å²) >= 11 is 0. The molecule has 22 heavy (non-hydrogen) atoms. The number of likely N-dealkylation sites (tertiary alicyclic amines) is 1. The van der Waals surface area contributed by atoms with Gasteiger partial charge in [0.05, 0.1) is 5.92 Å². The minimum Gasteiger partial charge on any atom is -0.481 e. The van der Waals surface area contributed by atoms with Gasteiger partial charge < -0.3 is 15.3 Å². The first-order chi connectivity index (χ1) is 10.4. The number of carbonyl (C=O) groups is 2. The average molecular weight is 304 g/mol. The highest BCUT2D eigenvalue weighted by atomic mass is 16.4. The molecule has 1 fully saturated rings. The third kappa shape index (κ3) is 4.00. The fraction of sp³-hybridized carbons (Fsp3) is 0.529. The van der Waals surface area contributed by atoms with E-state index in [4.69, 9.17) is 0 Å². The van der Waals surface area contributed by atoms with Crippen molar-refractivity contribution in [3.8, 4) is 0 Å². The summed E-state index contributed by atoms with van der Waals surface area (Å²) in [6, 6.07) is 7.54. The van der Waals surface area contributed by atoms with Gasteiger partial charge in [-0.3, -0.25) is 4.79 Å². The van der Waals surface area contributed by atoms with Gasteiger partial charge in [0.1, 0.15) is 0 Å². The molecule has 2 amide bonds. The standard InChI is InChI=1S/C17H24N2O3/c1-11(2)13-5-4-6-15(8-13)18-17(22)19-9-12(3)7-14(10-19)16(20)21/h4-6,8,11-12,14H,7,9-10H2,1-3H3,(H,18,22)(H,20,21). The zero-order valence-corrected chi connectivity index (χ0v) is 13.4. The number of hydrogen-bond donors (Lipinski definition) is 2. The summed E-state index contributed by atoms with van der Waals surface area (Å²) in [4.78, 5) is 25.2. The lowest BCUT2D eigenvalue weighted by atomic mass is 9.91. The van der Waals surface area contributed by atoms with Crippen molar-refractivity contribution in [1.82, 2.24) is 4.90 Å². The van der Waals surface area contributed by atoms with E-state index in [1.54, 1.807) is 4.90 Å². The van der Waals surface area contributed by atoms with Crippen LogP contribution in [0.25, 0.3) is 0 Å². The van der Waals surface area contributed by atoms with Gasteiger partial charge >= 0.3 is 12.0 Å². The fourth-order valence-corrected chi connectivity index (χ4v) is 2.87. The normalized spacial score (nSPS) is 21.7. The third-order valence-electron chi connectivity index (χ3n) is 4.10. The largest absolute Gasteiger partial charge is 0.481 e. The van der Waals surface area contributed by atoms with Gasteiger partial charge in [0.25, 0.3) is 0 Å². The molecule has 2 N–H and O–H groups in total. The number of urea groups is 1. The SMILES string of the molecule is CC1CC(C(=O)O)CN(C(=O)Nc2cccc(C(C)C)c2)C1. The average Bonchev–Trinajstić information content (AvgIpc) is 2.46. The molecule has 5 nitrogen and oxygen atoms in total. The van der Waals surface area contributed by atoms with Crippen molar-refractivity contribution in [3.63, 3.8) is 0 Å². The number of carboxylic acids is 1. The molecule has 0 radical (unpaired) electrons. The molecule has 1 heterocycles. The van der Waals surface area contributed by atoms with Gasteiger partial charge in [0.15, 0.2) is 0 Å². The summed E-state index contributed by atoms with van der Waals surface area (Å²) < 4.78 is 0. The molecular formula is C17H24N2O3. The number of nitrogens with zero attached hydrogens (tertiary/aromatic N) is 1. The van der Waals surface area contributed by atoms with E-state index in [0.717, 1.165) is 11.3 Å². The first-order valence-corrected chi connectivity index (χ1v) is 7.75. The van der Waals surface area contributed by atoms with Crippen LogP contribution in [0.1, 0.15) is 38.7 Å². The molecule has 120 valence electrons. The van der Waals surface area contributed by atoms with Crippen molar-refractivity contribution in [2.45, 2.75) is 33.1 Å². The minimum atomic E-state index is -0.828. The molecule has 5 heteroatoms. The van der Waals surface area contributed by atoms with Crippen LogP contribution < -0.4 is 5.32 Å². The monoisotopic (exact) mass is 304 g/mol. The Kier molecular flexibility index (Phi) is 5.06. The fourth-order valence-electron chi connectivity index (χ4n) is 2.87. The van der Waals surface area contributed by atoms with Crippen molar-refractivity contribution < 1.29 is 14.7 Å². The number of rotatable bonds is 3. The van der Waals surface area contributed by atoms with Crippen LogP contribution in [0.4, 0.5) is 10.5 Å². The van der Waals surface area contributed by atoms with Crippen LogP contribution in [0.5, 0.6) is 0 Å². The van der Waals surface area contributed by atoms with E-state index in [9.17, 15) is 14.7 Å². The molecule has 0 spiro atoms. The van der Waals surface area contributed by atoms with E-state index in [0.29, 0.717) is 18.9 Å². The zero-order chi connectivity index (χ0) is 16.3. The minimum absolute atomic E-state index is 0.197. The lowest BCUT2D eigenvalue weighted by molar-refractivity contribution is -0.143. The second-order valence-corrected chi connectivity index (χ2v) is 6.49. The van der Waals surface area contributed by atoms with E-state index in [2.05, 4.69) is 19.2 Å². The van der Waals surface area contributed by atoms with Gasteiger partial charge in [-0.1, -0.05) is 32.9 Å². The molecule has 0 bridgehead atoms. The number of nitrogens with one attached hydrogen (secondary N) is 1. The number of hydrogen-bond acceptors (Lipinski definition) is 2. The Bertz CT molecular complexity index is 557. The predicted octanol–water partition coefficient (Wildman–Crippen LogP) is 3.38. The van der Waals surface area contributed by atoms with Gasteiger partial charge in [0, 0.05) is 18.8 Å². The maximum absolute atomic E-state index is 12.4. The van der Waals surface area contributed by atoms with E-state index in [1.807, 2.05) is 31.2 Å². The predicted molar refractivity (Wildman–Crippen MR) is 86.0 cm³/mol. The summed E-state index contributed by atoms with van der Waals surface area (Å²) in [5.41, 5.74) is 1.91. The number of amides is 2. The number of anilines is 1. The van der Waals surface area contributed by atoms with Gasteiger partial charge in [-0.05, 0) is 36.0 Å². The van der Waals surface area contributed by atoms with Crippen LogP contribution in [-0.2, 0) is 4.79 Å². The Morgan fingerprint density at radius 2 is 2.05 bits per heavy atom. The number of benzene rings is 1. The first-order valence-electron chi connectivity index (χ1n) is 7.75. The summed E-state index contributed by atoms with van der Waals surface area (Å²) in [7, 11) is 0. The van der Waals surface area contributed by atoms with E-state index in [1.165, 1.54) is 0 Å². The molecule has 1 aliphatic rings. The van der Waals surface area contributed by atoms with Crippen molar-refractivity contribution in [3.05, 3.63) is 29.8 Å². The van der Waals surface area contributed by atoms with Crippen molar-refractivity contribution in [1.29, 1.82) is 0 Å². The maximum Gasteiger partial charge on any atom is 0.321 e. The second kappa shape index (κ2) is 6.81. The quantitative estimate of drug-likeness (QED) is 0.899. The third-order valence-corrected chi connectivity index (χ3v) is 4.10. The molecule has 1 aromatic carbocycles. The van der Waals surface area contributed by atoms with Gasteiger partial charge in [0.2, 0.25) is 0 Å². The summed E-state index contributed by atoms with van der Waals surface area (Å²) in [6.45, 7) is 7.05. The Hall–Kier alpha value is -2.04. The number of aliphatic carboxylic acids is 1. The van der Waals surface area contributed by atoms with Crippen LogP contribution in [0.15, 0.2) is 24.3 Å². The summed E-state index contributed by atoms with van der Waals surface area (Å²) in [6.07, 6.45) is 0.627. The molecule has 1 aromatic rings. The second-order valence-electron chi connectivity index (χ2n) is 6.49. The van der Waals surface area contributed by atoms with Crippen LogP contribution in [0.2, 0.25) is 0 Å². The Morgan fingerprint density at radius 1 is 1.32 bits per heavy atom. The highest BCUT2D eigenvalue weighted by Crippen LogP contribution is 2.23. The Labute approximate surface area is 131 Å². The lowest BCUT2D eigenvalue weighted by Crippen LogP contribution is -2.47. The van der Waals surface area contributed by atoms with Crippen LogP contribution in [0.3, 0.4) is 0 Å². The van der Waals surface area contributed by atoms with Gasteiger partial charge in [-0.2, -0.15) is 0 Å². The highest BCUT2D eigenvalue weighted by molar-refractivity contribution is 5.90. The lowest BCUT2D eigenvalue weighted by Gasteiger charge is -2.34. The summed E-state index contributed by atoms with van der Waals surface area (Å²) in [5, 5.41) is 12.1. The molecule has 1 aliphatic heterocycles. The van der Waals surface area contributed by atoms with Crippen LogP contribution >= 0.6 is 0 Å². The maximum atomic E-state index is 12.4. The molecule has 2 atom stereocenters. The zero-order valence-electron chi connectivity index (χ0n) is 13.4. The number of carbonyl (C=O) groups excluding carboxylic acids is 1. The first kappa shape index (κ1) is 16.3. The molecule has 0 saturated carbocycles. The molecule has 0 aliphatic carbocycles. The van der Waals surface area contributed by atoms with E-state index in [-0.39, 0.29) is 18.5 Å². The molecule has 2 rings (SSSR count). The van der Waals surface area contributed by atoms with E-state index < -0.39 is 11.9 Å². The number of carboxylic acid groups (broad SMARTS) is 1. The van der Waals surface area contributed by atoms with E-state index >= 15 is 0 Å². The molecule has 0 aromatic heterocycles. The van der Waals surface area contributed by atoms with Crippen molar-refractivity contribution in [2.75, 3.05) is 18.4 Å². The van der Waals surface area contributed by atoms with Gasteiger partial charge in [-0.15, -0.1) is 0 Å². The molecule has 2 unspecified atom stereocenters. The van der Waals surface area contributed by atoms with Gasteiger partial charge in [-0.25, -0.2) is 4.79 Å². The Balaban J connectivity index is 2.05. The molecule has 1 saturated heterocycles. The summed E-state index contributed by atoms with van der Waals surface area (Å²) in [5.74, 6) is -0.714. The van der Waals surface area contributed by atoms with Crippen molar-refractivity contribution in [2.24, 2.45) is 11.8 Å². The van der Waals surface area contributed by atoms with Crippen LogP contribution in [-0.4, -0.2) is 35.1 Å². The number of piperidine rings is 1. The highest BCUT2D eigenvalue weighted by Gasteiger charge is 2.31. The smallest absolute Gasteiger partial charge is 0.321 e. The molecular weight excluding hydrogens is 280 g/mol. The van der Waals surface area contributed by atoms with Crippen LogP contribution in [0, 0.1) is 11.8 Å². The topological polar surface area (TPSA) is 69.6 Å².